The Hall–Kier alpha value is -3.66. The zero-order chi connectivity index (χ0) is 20.3. The largest absolute Gasteiger partial charge is 0.612 e. The molecule has 0 atom stereocenters. The average Bonchev–Trinajstić information content (AvgIpc) is 3.09. The molecular weight excluding hydrogens is 386 g/mol. The number of hydrogen-bond acceptors (Lipinski definition) is 8. The van der Waals surface area contributed by atoms with Gasteiger partial charge in [0.25, 0.3) is 5.91 Å². The number of ketones is 1. The number of fused-ring (bicyclic) bond motifs is 1. The van der Waals surface area contributed by atoms with Gasteiger partial charge in [0.05, 0.1) is 23.7 Å². The predicted molar refractivity (Wildman–Crippen MR) is 104 cm³/mol. The third kappa shape index (κ3) is 4.18. The number of amides is 1. The highest BCUT2D eigenvalue weighted by atomic mass is 32.1. The standard InChI is InChI=1S/C18H14N3O6S/c1-27-12-6-7-13-16(8-12)28-18(19-13)20-17(24)15(23)9-14(22)10-2-4-11(5-3-10)21(25)26/h2-8H,9H2,1H3,(H2-,19,20,22,23,24,25,26)/q-1. The van der Waals surface area contributed by atoms with Gasteiger partial charge in [-0.2, -0.15) is 4.90 Å². The fourth-order valence-electron chi connectivity index (χ4n) is 2.36. The number of methoxy groups -OCH3 is 1. The summed E-state index contributed by atoms with van der Waals surface area (Å²) in [6.07, 6.45) is 4.47. The number of carbonyl (C=O) groups is 2. The van der Waals surface area contributed by atoms with E-state index in [1.165, 1.54) is 42.8 Å². The van der Waals surface area contributed by atoms with Crippen molar-refractivity contribution < 1.29 is 24.3 Å². The van der Waals surface area contributed by atoms with Crippen LogP contribution in [0.25, 0.3) is 10.2 Å². The number of benzene rings is 1. The van der Waals surface area contributed by atoms with E-state index in [4.69, 9.17) is 4.74 Å². The molecule has 2 aromatic rings. The van der Waals surface area contributed by atoms with E-state index >= 15 is 0 Å². The zero-order valence-electron chi connectivity index (χ0n) is 14.5. The number of carbonyl (C=O) groups excluding carboxylic acids is 2. The maximum absolute atomic E-state index is 12.1. The molecule has 0 bridgehead atoms. The zero-order valence-corrected chi connectivity index (χ0v) is 15.4. The van der Waals surface area contributed by atoms with Crippen LogP contribution in [0.15, 0.2) is 53.8 Å². The number of nitrogens with one attached hydrogen (secondary N) is 1. The van der Waals surface area contributed by atoms with E-state index in [2.05, 4.69) is 10.3 Å². The Morgan fingerprint density at radius 2 is 1.96 bits per heavy atom. The predicted octanol–water partition coefficient (Wildman–Crippen LogP) is 2.59. The third-order valence-corrected chi connectivity index (χ3v) is 4.74. The van der Waals surface area contributed by atoms with Crippen LogP contribution < -0.4 is 10.1 Å². The molecule has 3 rings (SSSR count). The molecule has 2 N–H and O–H groups in total. The van der Waals surface area contributed by atoms with Gasteiger partial charge in [-0.05, 0) is 30.4 Å². The van der Waals surface area contributed by atoms with Gasteiger partial charge < -0.3 is 20.3 Å². The molecule has 0 fully saturated rings. The minimum absolute atomic E-state index is 0.145. The first-order valence-corrected chi connectivity index (χ1v) is 8.77. The van der Waals surface area contributed by atoms with Crippen molar-refractivity contribution in [3.05, 3.63) is 64.2 Å². The van der Waals surface area contributed by atoms with Crippen molar-refractivity contribution in [2.24, 2.45) is 0 Å². The second kappa shape index (κ2) is 7.92. The highest BCUT2D eigenvalue weighted by Gasteiger charge is 2.19. The summed E-state index contributed by atoms with van der Waals surface area (Å²) in [4.78, 5) is 27.8. The van der Waals surface area contributed by atoms with Gasteiger partial charge in [0.15, 0.2) is 5.13 Å². The van der Waals surface area contributed by atoms with E-state index in [1.807, 2.05) is 0 Å². The average molecular weight is 400 g/mol. The van der Waals surface area contributed by atoms with Crippen LogP contribution in [0.4, 0.5) is 5.13 Å². The number of rotatable bonds is 5. The first kappa shape index (κ1) is 19.1. The van der Waals surface area contributed by atoms with Gasteiger partial charge in [-0.3, -0.25) is 14.9 Å². The number of aliphatic hydroxyl groups excluding tert-OH is 1. The third-order valence-electron chi connectivity index (χ3n) is 3.81. The van der Waals surface area contributed by atoms with Crippen molar-refractivity contribution >= 4 is 44.1 Å². The Morgan fingerprint density at radius 1 is 1.25 bits per heavy atom. The number of allylic oxidation sites excluding steroid dienone is 6. The van der Waals surface area contributed by atoms with E-state index in [0.717, 1.165) is 4.70 Å². The summed E-state index contributed by atoms with van der Waals surface area (Å²) in [5.74, 6) is -1.50. The number of aromatic nitrogens is 1. The summed E-state index contributed by atoms with van der Waals surface area (Å²) in [5, 5.41) is 34.0. The van der Waals surface area contributed by atoms with E-state index in [-0.39, 0.29) is 22.2 Å². The van der Waals surface area contributed by atoms with Gasteiger partial charge >= 0.3 is 0 Å². The lowest BCUT2D eigenvalue weighted by molar-refractivity contribution is -0.377. The van der Waals surface area contributed by atoms with Crippen molar-refractivity contribution in [1.82, 2.24) is 4.98 Å². The normalized spacial score (nSPS) is 12.9. The first-order chi connectivity index (χ1) is 13.4. The molecule has 9 nitrogen and oxygen atoms in total. The molecule has 1 aromatic carbocycles. The summed E-state index contributed by atoms with van der Waals surface area (Å²) in [6, 6.07) is 5.23. The maximum Gasteiger partial charge on any atom is 0.294 e. The molecule has 0 saturated heterocycles. The fraction of sp³-hybridized carbons (Fsp3) is 0.111. The molecule has 1 aliphatic carbocycles. The van der Waals surface area contributed by atoms with Gasteiger partial charge in [0.1, 0.15) is 11.5 Å². The maximum atomic E-state index is 12.1. The van der Waals surface area contributed by atoms with Crippen LogP contribution in [0.2, 0.25) is 0 Å². The monoisotopic (exact) mass is 400 g/mol. The summed E-state index contributed by atoms with van der Waals surface area (Å²) < 4.78 is 5.91. The number of aliphatic hydroxyl groups is 1. The fourth-order valence-corrected chi connectivity index (χ4v) is 3.25. The molecule has 28 heavy (non-hydrogen) atoms. The number of ether oxygens (including phenoxy) is 1. The van der Waals surface area contributed by atoms with Crippen molar-refractivity contribution in [3.63, 3.8) is 0 Å². The summed E-state index contributed by atoms with van der Waals surface area (Å²) in [6.45, 7) is 0. The topological polar surface area (TPSA) is 138 Å². The Morgan fingerprint density at radius 3 is 2.61 bits per heavy atom. The van der Waals surface area contributed by atoms with Crippen LogP contribution in [-0.4, -0.2) is 39.5 Å². The smallest absolute Gasteiger partial charge is 0.294 e. The lowest BCUT2D eigenvalue weighted by Crippen LogP contribution is -2.23. The number of hydrogen-bond donors (Lipinski definition) is 2. The number of nitrogens with zero attached hydrogens (tertiary/aromatic N) is 2. The summed E-state index contributed by atoms with van der Waals surface area (Å²) in [5.41, 5.74) is 0.723. The molecule has 0 unspecified atom stereocenters. The van der Waals surface area contributed by atoms with E-state index in [0.29, 0.717) is 11.3 Å². The number of anilines is 1. The highest BCUT2D eigenvalue weighted by molar-refractivity contribution is 7.22. The number of Topliss-reactive ketones (excluding diaryl/α,β-unsaturated/α-hetero) is 1. The Balaban J connectivity index is 1.67. The second-order valence-electron chi connectivity index (χ2n) is 5.66. The first-order valence-electron chi connectivity index (χ1n) is 7.95. The molecular formula is C18H14N3O6S-. The molecule has 1 heterocycles. The minimum Gasteiger partial charge on any atom is -0.612 e. The van der Waals surface area contributed by atoms with Gasteiger partial charge in [-0.25, -0.2) is 4.98 Å². The molecule has 1 amide bonds. The van der Waals surface area contributed by atoms with E-state index < -0.39 is 23.0 Å². The Kier molecular flexibility index (Phi) is 5.41. The molecule has 0 aliphatic heterocycles. The van der Waals surface area contributed by atoms with Crippen LogP contribution in [-0.2, 0) is 9.59 Å². The van der Waals surface area contributed by atoms with Gasteiger partial charge in [0, 0.05) is 17.7 Å². The van der Waals surface area contributed by atoms with Crippen molar-refractivity contribution in [2.75, 3.05) is 12.4 Å². The van der Waals surface area contributed by atoms with Crippen LogP contribution in [0.5, 0.6) is 5.75 Å². The van der Waals surface area contributed by atoms with Crippen LogP contribution >= 0.6 is 11.3 Å². The van der Waals surface area contributed by atoms with Crippen LogP contribution in [0.1, 0.15) is 6.42 Å². The van der Waals surface area contributed by atoms with Crippen LogP contribution in [0.3, 0.4) is 0 Å². The Labute approximate surface area is 162 Å². The second-order valence-corrected chi connectivity index (χ2v) is 6.69. The molecule has 0 saturated carbocycles. The molecule has 1 aliphatic rings. The Bertz CT molecular complexity index is 1060. The van der Waals surface area contributed by atoms with E-state index in [9.17, 15) is 25.1 Å². The molecule has 10 heteroatoms. The van der Waals surface area contributed by atoms with Crippen LogP contribution in [0, 0.1) is 10.4 Å². The lowest BCUT2D eigenvalue weighted by Gasteiger charge is -2.09. The SMILES string of the molecule is COc1ccc2nc(NC(=O)C(=O)CC(O)=C3C=CC(=[N+]([O-])[O-])C=C3)sc2c1. The molecule has 1 aromatic heterocycles. The van der Waals surface area contributed by atoms with Gasteiger partial charge in [-0.15, -0.1) is 0 Å². The van der Waals surface area contributed by atoms with Crippen molar-refractivity contribution in [3.8, 4) is 5.75 Å². The van der Waals surface area contributed by atoms with Gasteiger partial charge in [0.2, 0.25) is 11.5 Å². The molecule has 144 valence electrons. The lowest BCUT2D eigenvalue weighted by atomic mass is 10.0. The van der Waals surface area contributed by atoms with Crippen molar-refractivity contribution in [1.29, 1.82) is 0 Å². The molecule has 0 spiro atoms. The van der Waals surface area contributed by atoms with Gasteiger partial charge in [-0.1, -0.05) is 11.3 Å². The minimum atomic E-state index is -0.917. The summed E-state index contributed by atoms with van der Waals surface area (Å²) >= 11 is 1.18. The van der Waals surface area contributed by atoms with E-state index in [1.54, 1.807) is 18.2 Å². The highest BCUT2D eigenvalue weighted by Crippen LogP contribution is 2.29. The number of thiazole rings is 1. The quantitative estimate of drug-likeness (QED) is 0.340. The summed E-state index contributed by atoms with van der Waals surface area (Å²) in [7, 11) is 1.54. The van der Waals surface area contributed by atoms with Crippen molar-refractivity contribution in [2.45, 2.75) is 6.42 Å². The molecule has 0 radical (unpaired) electrons.